The van der Waals surface area contributed by atoms with Crippen LogP contribution in [0.5, 0.6) is 0 Å². The van der Waals surface area contributed by atoms with E-state index >= 15 is 0 Å². The van der Waals surface area contributed by atoms with Crippen LogP contribution in [0.2, 0.25) is 0 Å². The first-order valence-electron chi connectivity index (χ1n) is 5.25. The molecule has 0 aliphatic rings. The summed E-state index contributed by atoms with van der Waals surface area (Å²) in [5.74, 6) is -0.253. The van der Waals surface area contributed by atoms with Crippen LogP contribution in [0.3, 0.4) is 0 Å². The van der Waals surface area contributed by atoms with Gasteiger partial charge in [-0.15, -0.1) is 10.2 Å². The first-order chi connectivity index (χ1) is 8.25. The fraction of sp³-hybridized carbons (Fsp3) is 0.667. The lowest BCUT2D eigenvalue weighted by Gasteiger charge is -2.22. The second kappa shape index (κ2) is 5.51. The van der Waals surface area contributed by atoms with Crippen LogP contribution in [0.15, 0.2) is 0 Å². The van der Waals surface area contributed by atoms with Gasteiger partial charge < -0.3 is 10.6 Å². The summed E-state index contributed by atoms with van der Waals surface area (Å²) in [6, 6.07) is 0. The maximum atomic E-state index is 12.4. The minimum atomic E-state index is -4.47. The van der Waals surface area contributed by atoms with Gasteiger partial charge in [-0.1, -0.05) is 18.3 Å². The van der Waals surface area contributed by atoms with E-state index in [0.717, 1.165) is 0 Å². The van der Waals surface area contributed by atoms with Crippen molar-refractivity contribution < 1.29 is 13.2 Å². The fourth-order valence-corrected chi connectivity index (χ4v) is 2.01. The Hall–Kier alpha value is -1.38. The highest BCUT2D eigenvalue weighted by molar-refractivity contribution is 7.15. The van der Waals surface area contributed by atoms with E-state index in [-0.39, 0.29) is 16.9 Å². The van der Waals surface area contributed by atoms with Gasteiger partial charge in [-0.05, 0) is 6.92 Å². The molecule has 0 aromatic carbocycles. The average molecular weight is 281 g/mol. The largest absolute Gasteiger partial charge is 0.445 e. The van der Waals surface area contributed by atoms with Crippen molar-refractivity contribution in [3.8, 4) is 0 Å². The molecule has 5 nitrogen and oxygen atoms in total. The van der Waals surface area contributed by atoms with Crippen LogP contribution in [0.25, 0.3) is 0 Å². The van der Waals surface area contributed by atoms with Crippen molar-refractivity contribution in [2.75, 3.05) is 18.0 Å². The van der Waals surface area contributed by atoms with Crippen LogP contribution in [0.1, 0.15) is 18.9 Å². The molecule has 0 saturated heterocycles. The van der Waals surface area contributed by atoms with Crippen molar-refractivity contribution in [3.63, 3.8) is 0 Å². The predicted octanol–water partition coefficient (Wildman–Crippen LogP) is 1.96. The van der Waals surface area contributed by atoms with Crippen LogP contribution in [0, 0.1) is 11.3 Å². The minimum Gasteiger partial charge on any atom is -0.387 e. The third kappa shape index (κ3) is 3.56. The van der Waals surface area contributed by atoms with E-state index in [0.29, 0.717) is 24.4 Å². The van der Waals surface area contributed by atoms with E-state index in [2.05, 4.69) is 10.2 Å². The van der Waals surface area contributed by atoms with Gasteiger partial charge in [0.25, 0.3) is 0 Å². The van der Waals surface area contributed by atoms with Gasteiger partial charge >= 0.3 is 6.18 Å². The number of nitrogens with two attached hydrogens (primary N) is 1. The number of anilines is 1. The molecule has 1 heterocycles. The standard InChI is InChI=1S/C9H14F3N5S/c1-3-17(4-5(2)6(13)14)8-16-15-7(18-8)9(10,11)12/h5H,3-4H2,1-2H3,(H3,13,14). The Morgan fingerprint density at radius 3 is 2.50 bits per heavy atom. The molecule has 9 heteroatoms. The zero-order valence-corrected chi connectivity index (χ0v) is 10.8. The maximum Gasteiger partial charge on any atom is 0.445 e. The monoisotopic (exact) mass is 281 g/mol. The molecule has 0 saturated carbocycles. The Morgan fingerprint density at radius 2 is 2.11 bits per heavy atom. The molecule has 102 valence electrons. The number of nitrogens with zero attached hydrogens (tertiary/aromatic N) is 3. The number of alkyl halides is 3. The van der Waals surface area contributed by atoms with Crippen molar-refractivity contribution in [1.82, 2.24) is 10.2 Å². The number of halogens is 3. The number of amidine groups is 1. The molecule has 1 rings (SSSR count). The normalized spacial score (nSPS) is 13.4. The van der Waals surface area contributed by atoms with Gasteiger partial charge in [-0.25, -0.2) is 0 Å². The molecular formula is C9H14F3N5S. The lowest BCUT2D eigenvalue weighted by atomic mass is 10.1. The maximum absolute atomic E-state index is 12.4. The van der Waals surface area contributed by atoms with Crippen LogP contribution < -0.4 is 10.6 Å². The molecule has 0 aliphatic carbocycles. The minimum absolute atomic E-state index is 0.00555. The van der Waals surface area contributed by atoms with Gasteiger partial charge in [-0.3, -0.25) is 5.41 Å². The molecule has 1 atom stereocenters. The van der Waals surface area contributed by atoms with Crippen molar-refractivity contribution in [2.45, 2.75) is 20.0 Å². The molecule has 1 aromatic rings. The quantitative estimate of drug-likeness (QED) is 0.638. The lowest BCUT2D eigenvalue weighted by molar-refractivity contribution is -0.138. The summed E-state index contributed by atoms with van der Waals surface area (Å²) in [5.41, 5.74) is 5.34. The molecular weight excluding hydrogens is 267 g/mol. The van der Waals surface area contributed by atoms with Crippen molar-refractivity contribution >= 4 is 22.3 Å². The molecule has 18 heavy (non-hydrogen) atoms. The van der Waals surface area contributed by atoms with E-state index in [1.54, 1.807) is 18.7 Å². The summed E-state index contributed by atoms with van der Waals surface area (Å²) < 4.78 is 37.2. The summed E-state index contributed by atoms with van der Waals surface area (Å²) >= 11 is 0.494. The third-order valence-electron chi connectivity index (χ3n) is 2.33. The fourth-order valence-electron chi connectivity index (χ4n) is 1.23. The van der Waals surface area contributed by atoms with E-state index in [1.165, 1.54) is 0 Å². The zero-order valence-electron chi connectivity index (χ0n) is 9.95. The Bertz CT molecular complexity index is 417. The van der Waals surface area contributed by atoms with Gasteiger partial charge in [0.15, 0.2) is 0 Å². The summed E-state index contributed by atoms with van der Waals surface area (Å²) in [6.45, 7) is 4.35. The SMILES string of the molecule is CCN(CC(C)C(=N)N)c1nnc(C(F)(F)F)s1. The molecule has 3 N–H and O–H groups in total. The first kappa shape index (κ1) is 14.7. The predicted molar refractivity (Wildman–Crippen MR) is 63.9 cm³/mol. The van der Waals surface area contributed by atoms with Gasteiger partial charge in [-0.2, -0.15) is 13.2 Å². The third-order valence-corrected chi connectivity index (χ3v) is 3.36. The second-order valence-corrected chi connectivity index (χ2v) is 4.74. The van der Waals surface area contributed by atoms with Gasteiger partial charge in [0.2, 0.25) is 10.1 Å². The van der Waals surface area contributed by atoms with Gasteiger partial charge in [0.1, 0.15) is 0 Å². The Labute approximate surface area is 106 Å². The molecule has 0 amide bonds. The highest BCUT2D eigenvalue weighted by Crippen LogP contribution is 2.34. The Balaban J connectivity index is 2.83. The van der Waals surface area contributed by atoms with Crippen molar-refractivity contribution in [2.24, 2.45) is 11.7 Å². The highest BCUT2D eigenvalue weighted by atomic mass is 32.1. The zero-order chi connectivity index (χ0) is 13.9. The second-order valence-electron chi connectivity index (χ2n) is 3.78. The smallest absolute Gasteiger partial charge is 0.387 e. The van der Waals surface area contributed by atoms with Crippen molar-refractivity contribution in [3.05, 3.63) is 5.01 Å². The summed E-state index contributed by atoms with van der Waals surface area (Å²) in [6.07, 6.45) is -4.47. The number of aromatic nitrogens is 2. The molecule has 0 aliphatic heterocycles. The summed E-state index contributed by atoms with van der Waals surface area (Å²) in [7, 11) is 0. The number of nitrogens with one attached hydrogen (secondary N) is 1. The average Bonchev–Trinajstić information content (AvgIpc) is 2.73. The van der Waals surface area contributed by atoms with E-state index in [4.69, 9.17) is 11.1 Å². The number of hydrogen-bond donors (Lipinski definition) is 2. The highest BCUT2D eigenvalue weighted by Gasteiger charge is 2.36. The van der Waals surface area contributed by atoms with E-state index in [1.807, 2.05) is 0 Å². The Morgan fingerprint density at radius 1 is 1.50 bits per heavy atom. The Kier molecular flexibility index (Phi) is 4.49. The number of hydrogen-bond acceptors (Lipinski definition) is 5. The van der Waals surface area contributed by atoms with Crippen molar-refractivity contribution in [1.29, 1.82) is 5.41 Å². The summed E-state index contributed by atoms with van der Waals surface area (Å²) in [4.78, 5) is 1.62. The lowest BCUT2D eigenvalue weighted by Crippen LogP contribution is -2.34. The van der Waals surface area contributed by atoms with Gasteiger partial charge in [0, 0.05) is 19.0 Å². The molecule has 1 aromatic heterocycles. The van der Waals surface area contributed by atoms with E-state index in [9.17, 15) is 13.2 Å². The molecule has 0 spiro atoms. The number of rotatable bonds is 5. The van der Waals surface area contributed by atoms with Gasteiger partial charge in [0.05, 0.1) is 5.84 Å². The van der Waals surface area contributed by atoms with Crippen LogP contribution in [0.4, 0.5) is 18.3 Å². The summed E-state index contributed by atoms with van der Waals surface area (Å²) in [5, 5.41) is 13.2. The van der Waals surface area contributed by atoms with E-state index < -0.39 is 11.2 Å². The van der Waals surface area contributed by atoms with Crippen LogP contribution in [-0.4, -0.2) is 29.1 Å². The van der Waals surface area contributed by atoms with Crippen LogP contribution in [-0.2, 0) is 6.18 Å². The molecule has 0 fully saturated rings. The molecule has 0 radical (unpaired) electrons. The molecule has 1 unspecified atom stereocenters. The molecule has 0 bridgehead atoms. The topological polar surface area (TPSA) is 78.9 Å². The van der Waals surface area contributed by atoms with Crippen LogP contribution >= 0.6 is 11.3 Å². The first-order valence-corrected chi connectivity index (χ1v) is 6.07.